The summed E-state index contributed by atoms with van der Waals surface area (Å²) in [5.41, 5.74) is 12.0. The largest absolute Gasteiger partial charge is 0.461 e. The lowest BCUT2D eigenvalue weighted by atomic mass is 9.84. The highest BCUT2D eigenvalue weighted by Gasteiger charge is 2.42. The molecule has 4 aromatic rings. The van der Waals surface area contributed by atoms with Crippen molar-refractivity contribution in [1.82, 2.24) is 0 Å². The first-order valence-corrected chi connectivity index (χ1v) is 12.1. The smallest absolute Gasteiger partial charge is 0.131 e. The van der Waals surface area contributed by atoms with Crippen LogP contribution in [0.25, 0.3) is 23.3 Å². The first-order valence-electron chi connectivity index (χ1n) is 12.1. The molecule has 0 spiro atoms. The lowest BCUT2D eigenvalue weighted by molar-refractivity contribution is 0.488. The fourth-order valence-corrected chi connectivity index (χ4v) is 6.56. The molecule has 164 valence electrons. The number of para-hydroxylation sites is 3. The van der Waals surface area contributed by atoms with Gasteiger partial charge in [0.05, 0.1) is 12.1 Å². The summed E-state index contributed by atoms with van der Waals surface area (Å²) in [5.74, 6) is 2.18. The minimum absolute atomic E-state index is 0.260. The second kappa shape index (κ2) is 6.54. The van der Waals surface area contributed by atoms with Crippen LogP contribution in [0.1, 0.15) is 33.8 Å². The maximum absolute atomic E-state index is 6.61. The first-order chi connectivity index (χ1) is 16.8. The van der Waals surface area contributed by atoms with Crippen molar-refractivity contribution in [3.8, 4) is 0 Å². The van der Waals surface area contributed by atoms with Gasteiger partial charge in [0.15, 0.2) is 0 Å². The number of hydrogen-bond donors (Lipinski definition) is 0. The van der Waals surface area contributed by atoms with Gasteiger partial charge in [-0.2, -0.15) is 0 Å². The second-order valence-electron chi connectivity index (χ2n) is 9.77. The summed E-state index contributed by atoms with van der Waals surface area (Å²) < 4.78 is 6.61. The quantitative estimate of drug-likeness (QED) is 0.324. The van der Waals surface area contributed by atoms with Crippen molar-refractivity contribution in [2.24, 2.45) is 0 Å². The van der Waals surface area contributed by atoms with Crippen LogP contribution >= 0.6 is 0 Å². The zero-order valence-electron chi connectivity index (χ0n) is 19.0. The van der Waals surface area contributed by atoms with Crippen LogP contribution < -0.4 is 9.80 Å². The first kappa shape index (κ1) is 18.4. The minimum atomic E-state index is 0.260. The third-order valence-corrected chi connectivity index (χ3v) is 8.12. The molecule has 0 radical (unpaired) electrons. The molecule has 2 atom stereocenters. The van der Waals surface area contributed by atoms with Gasteiger partial charge in [-0.1, -0.05) is 54.6 Å². The predicted molar refractivity (Wildman–Crippen MR) is 139 cm³/mol. The van der Waals surface area contributed by atoms with Crippen LogP contribution in [0.5, 0.6) is 0 Å². The van der Waals surface area contributed by atoms with Crippen LogP contribution in [0.4, 0.5) is 17.1 Å². The topological polar surface area (TPSA) is 19.6 Å². The van der Waals surface area contributed by atoms with Crippen molar-refractivity contribution in [2.45, 2.75) is 24.9 Å². The summed E-state index contributed by atoms with van der Waals surface area (Å²) in [6.07, 6.45) is 6.61. The van der Waals surface area contributed by atoms with E-state index in [9.17, 15) is 0 Å². The van der Waals surface area contributed by atoms with Crippen LogP contribution in [0.3, 0.4) is 0 Å². The monoisotopic (exact) mass is 440 g/mol. The standard InChI is InChI=1S/C31H24N2O/c1-32-26-13-7-5-11-20(26)23-17-30-25(16-28(23)32)24-15-22-21-12-6-8-14-27(21)33(19-9-3-2-4-10-19)29(22)18-31(24)34-30/h2-15,17,28-29H,16,18H2,1H3. The van der Waals surface area contributed by atoms with Gasteiger partial charge in [0.2, 0.25) is 0 Å². The van der Waals surface area contributed by atoms with E-state index in [1.165, 1.54) is 50.5 Å². The zero-order chi connectivity index (χ0) is 22.4. The molecular formula is C31H24N2O. The van der Waals surface area contributed by atoms with Crippen LogP contribution in [0, 0.1) is 0 Å². The molecule has 2 aliphatic carbocycles. The van der Waals surface area contributed by atoms with Crippen molar-refractivity contribution in [3.63, 3.8) is 0 Å². The predicted octanol–water partition coefficient (Wildman–Crippen LogP) is 6.81. The molecule has 3 heteroatoms. The third-order valence-electron chi connectivity index (χ3n) is 8.12. The Balaban J connectivity index is 1.28. The average Bonchev–Trinajstić information content (AvgIpc) is 3.50. The number of rotatable bonds is 1. The van der Waals surface area contributed by atoms with E-state index in [2.05, 4.69) is 108 Å². The second-order valence-corrected chi connectivity index (χ2v) is 9.77. The number of benzene rings is 3. The summed E-state index contributed by atoms with van der Waals surface area (Å²) in [4.78, 5) is 4.92. The number of anilines is 3. The van der Waals surface area contributed by atoms with Gasteiger partial charge in [0, 0.05) is 59.2 Å². The fraction of sp³-hybridized carbons (Fsp3) is 0.161. The van der Waals surface area contributed by atoms with Crippen molar-refractivity contribution in [1.29, 1.82) is 0 Å². The van der Waals surface area contributed by atoms with E-state index in [0.717, 1.165) is 24.4 Å². The molecule has 8 rings (SSSR count). The van der Waals surface area contributed by atoms with Crippen LogP contribution in [-0.4, -0.2) is 19.1 Å². The summed E-state index contributed by atoms with van der Waals surface area (Å²) in [5, 5.41) is 0. The van der Waals surface area contributed by atoms with Gasteiger partial charge in [0.1, 0.15) is 11.5 Å². The number of fused-ring (bicyclic) bond motifs is 9. The molecule has 4 aliphatic rings. The van der Waals surface area contributed by atoms with Gasteiger partial charge < -0.3 is 14.2 Å². The van der Waals surface area contributed by atoms with Crippen LogP contribution in [-0.2, 0) is 12.8 Å². The van der Waals surface area contributed by atoms with E-state index in [1.807, 2.05) is 0 Å². The van der Waals surface area contributed by atoms with Crippen LogP contribution in [0.2, 0.25) is 0 Å². The normalized spacial score (nSPS) is 21.1. The van der Waals surface area contributed by atoms with Gasteiger partial charge in [-0.25, -0.2) is 0 Å². The minimum Gasteiger partial charge on any atom is -0.461 e. The number of likely N-dealkylation sites (N-methyl/N-ethyl adjacent to an activating group) is 1. The lowest BCUT2D eigenvalue weighted by Gasteiger charge is -2.30. The molecule has 1 aromatic heterocycles. The van der Waals surface area contributed by atoms with E-state index in [-0.39, 0.29) is 6.04 Å². The van der Waals surface area contributed by atoms with E-state index in [1.54, 1.807) is 0 Å². The highest BCUT2D eigenvalue weighted by molar-refractivity contribution is 6.02. The zero-order valence-corrected chi connectivity index (χ0v) is 19.0. The Bertz CT molecular complexity index is 1540. The van der Waals surface area contributed by atoms with E-state index in [4.69, 9.17) is 4.42 Å². The number of nitrogens with zero attached hydrogens (tertiary/aromatic N) is 2. The summed E-state index contributed by atoms with van der Waals surface area (Å²) in [6.45, 7) is 0. The van der Waals surface area contributed by atoms with Gasteiger partial charge in [-0.3, -0.25) is 0 Å². The van der Waals surface area contributed by atoms with Gasteiger partial charge >= 0.3 is 0 Å². The molecule has 0 bridgehead atoms. The third kappa shape index (κ3) is 2.31. The Morgan fingerprint density at radius 1 is 0.706 bits per heavy atom. The molecule has 3 heterocycles. The van der Waals surface area contributed by atoms with Crippen LogP contribution in [0.15, 0.2) is 83.3 Å². The highest BCUT2D eigenvalue weighted by Crippen LogP contribution is 2.52. The molecule has 3 nitrogen and oxygen atoms in total. The van der Waals surface area contributed by atoms with E-state index in [0.29, 0.717) is 6.04 Å². The lowest BCUT2D eigenvalue weighted by Crippen LogP contribution is -2.31. The van der Waals surface area contributed by atoms with Gasteiger partial charge in [0.25, 0.3) is 0 Å². The Morgan fingerprint density at radius 3 is 2.21 bits per heavy atom. The van der Waals surface area contributed by atoms with Crippen molar-refractivity contribution in [3.05, 3.63) is 113 Å². The van der Waals surface area contributed by atoms with Crippen molar-refractivity contribution >= 4 is 40.4 Å². The molecule has 0 fully saturated rings. The summed E-state index contributed by atoms with van der Waals surface area (Å²) in [6, 6.07) is 29.0. The molecule has 2 aliphatic heterocycles. The number of furan rings is 1. The fourth-order valence-electron chi connectivity index (χ4n) is 6.56. The highest BCUT2D eigenvalue weighted by atomic mass is 16.3. The average molecular weight is 441 g/mol. The molecule has 2 unspecified atom stereocenters. The Kier molecular flexibility index (Phi) is 3.55. The van der Waals surface area contributed by atoms with Crippen molar-refractivity contribution < 1.29 is 4.42 Å². The van der Waals surface area contributed by atoms with Crippen molar-refractivity contribution in [2.75, 3.05) is 16.8 Å². The molecular weight excluding hydrogens is 416 g/mol. The Morgan fingerprint density at radius 2 is 1.38 bits per heavy atom. The molecule has 0 N–H and O–H groups in total. The van der Waals surface area contributed by atoms with E-state index < -0.39 is 0 Å². The SMILES string of the molecule is CN1c2ccccc2C2=Cc3oc4c(c3CC21)C=C1c2ccccc2N(c2ccccc2)C1C4. The summed E-state index contributed by atoms with van der Waals surface area (Å²) >= 11 is 0. The van der Waals surface area contributed by atoms with Gasteiger partial charge in [-0.15, -0.1) is 0 Å². The molecule has 3 aromatic carbocycles. The number of hydrogen-bond acceptors (Lipinski definition) is 3. The maximum Gasteiger partial charge on any atom is 0.131 e. The van der Waals surface area contributed by atoms with E-state index >= 15 is 0 Å². The Labute approximate surface area is 199 Å². The molecule has 0 saturated carbocycles. The Hall–Kier alpha value is -3.98. The molecule has 0 saturated heterocycles. The van der Waals surface area contributed by atoms with Gasteiger partial charge in [-0.05, 0) is 47.6 Å². The molecule has 0 amide bonds. The molecule has 34 heavy (non-hydrogen) atoms. The maximum atomic E-state index is 6.61. The summed E-state index contributed by atoms with van der Waals surface area (Å²) in [7, 11) is 2.22.